The minimum atomic E-state index is -0.248. The molecule has 0 aliphatic heterocycles. The first-order valence-electron chi connectivity index (χ1n) is 6.28. The molecule has 18 heavy (non-hydrogen) atoms. The van der Waals surface area contributed by atoms with Gasteiger partial charge in [-0.1, -0.05) is 19.6 Å². The van der Waals surface area contributed by atoms with Crippen LogP contribution in [0.5, 0.6) is 0 Å². The average molecular weight is 237 g/mol. The second kappa shape index (κ2) is 3.71. The lowest BCUT2D eigenvalue weighted by atomic mass is 10.00. The molecule has 0 N–H and O–H groups in total. The molecule has 1 aliphatic rings. The van der Waals surface area contributed by atoms with E-state index in [2.05, 4.69) is 24.7 Å². The molecule has 0 radical (unpaired) electrons. The number of fused-ring (bicyclic) bond motifs is 1. The number of allylic oxidation sites excluding steroid dienone is 1. The van der Waals surface area contributed by atoms with Gasteiger partial charge >= 0.3 is 0 Å². The Kier molecular flexibility index (Phi) is 2.27. The number of hydrogen-bond donors (Lipinski definition) is 0. The summed E-state index contributed by atoms with van der Waals surface area (Å²) in [5.74, 6) is 0. The first-order valence-corrected chi connectivity index (χ1v) is 6.28. The number of rotatable bonds is 3. The van der Waals surface area contributed by atoms with E-state index in [-0.39, 0.29) is 5.41 Å². The largest absolute Gasteiger partial charge is 0.240 e. The maximum Gasteiger partial charge on any atom is 0.0887 e. The zero-order valence-corrected chi connectivity index (χ0v) is 10.5. The van der Waals surface area contributed by atoms with Crippen LogP contribution in [-0.4, -0.2) is 9.61 Å². The maximum atomic E-state index is 9.22. The predicted molar refractivity (Wildman–Crippen MR) is 71.0 cm³/mol. The maximum absolute atomic E-state index is 9.22. The van der Waals surface area contributed by atoms with E-state index >= 15 is 0 Å². The van der Waals surface area contributed by atoms with E-state index in [0.29, 0.717) is 0 Å². The van der Waals surface area contributed by atoms with Gasteiger partial charge in [-0.15, -0.1) is 0 Å². The van der Waals surface area contributed by atoms with Gasteiger partial charge in [0.1, 0.15) is 0 Å². The Morgan fingerprint density at radius 2 is 2.33 bits per heavy atom. The molecule has 0 bridgehead atoms. The second-order valence-electron chi connectivity index (χ2n) is 4.97. The third kappa shape index (κ3) is 1.53. The lowest BCUT2D eigenvalue weighted by Gasteiger charge is -2.05. The summed E-state index contributed by atoms with van der Waals surface area (Å²) in [4.78, 5) is 0. The third-order valence-corrected chi connectivity index (χ3v) is 3.77. The van der Waals surface area contributed by atoms with Crippen molar-refractivity contribution in [1.29, 1.82) is 5.26 Å². The zero-order valence-electron chi connectivity index (χ0n) is 10.5. The molecule has 2 heterocycles. The summed E-state index contributed by atoms with van der Waals surface area (Å²) in [5, 5.41) is 13.7. The monoisotopic (exact) mass is 237 g/mol. The summed E-state index contributed by atoms with van der Waals surface area (Å²) in [7, 11) is 0. The standard InChI is InChI=1S/C15H15N3/c1-3-11(2)14-8-13-5-4-12(9-18(13)17-14)15(10-16)6-7-15/h4-5,8-9H,2-3,6-7H2,1H3. The highest BCUT2D eigenvalue weighted by Crippen LogP contribution is 2.47. The Morgan fingerprint density at radius 3 is 2.94 bits per heavy atom. The lowest BCUT2D eigenvalue weighted by molar-refractivity contribution is 0.858. The second-order valence-corrected chi connectivity index (χ2v) is 4.97. The number of hydrogen-bond acceptors (Lipinski definition) is 2. The third-order valence-electron chi connectivity index (χ3n) is 3.77. The van der Waals surface area contributed by atoms with Crippen LogP contribution in [0.4, 0.5) is 0 Å². The Hall–Kier alpha value is -2.08. The first kappa shape index (κ1) is 11.0. The van der Waals surface area contributed by atoms with E-state index in [9.17, 15) is 5.26 Å². The molecule has 2 aromatic rings. The molecule has 90 valence electrons. The average Bonchev–Trinajstić information content (AvgIpc) is 3.09. The molecule has 0 aromatic carbocycles. The zero-order chi connectivity index (χ0) is 12.8. The van der Waals surface area contributed by atoms with E-state index in [0.717, 1.165) is 41.6 Å². The van der Waals surface area contributed by atoms with Gasteiger partial charge in [-0.2, -0.15) is 10.4 Å². The summed E-state index contributed by atoms with van der Waals surface area (Å²) in [6.07, 6.45) is 4.81. The van der Waals surface area contributed by atoms with Crippen molar-refractivity contribution in [2.75, 3.05) is 0 Å². The van der Waals surface area contributed by atoms with Gasteiger partial charge in [0.25, 0.3) is 0 Å². The van der Waals surface area contributed by atoms with Crippen molar-refractivity contribution in [2.45, 2.75) is 31.6 Å². The minimum absolute atomic E-state index is 0.248. The van der Waals surface area contributed by atoms with Gasteiger partial charge in [0.05, 0.1) is 22.7 Å². The molecule has 0 amide bonds. The summed E-state index contributed by atoms with van der Waals surface area (Å²) >= 11 is 0. The Balaban J connectivity index is 2.08. The van der Waals surface area contributed by atoms with Gasteiger partial charge in [-0.05, 0) is 42.5 Å². The van der Waals surface area contributed by atoms with Gasteiger partial charge in [0.2, 0.25) is 0 Å². The molecule has 3 heteroatoms. The number of nitriles is 1. The smallest absolute Gasteiger partial charge is 0.0887 e. The van der Waals surface area contributed by atoms with Crippen molar-refractivity contribution >= 4 is 11.1 Å². The lowest BCUT2D eigenvalue weighted by Crippen LogP contribution is -2.04. The van der Waals surface area contributed by atoms with Crippen LogP contribution >= 0.6 is 0 Å². The van der Waals surface area contributed by atoms with E-state index in [1.54, 1.807) is 0 Å². The van der Waals surface area contributed by atoms with Crippen LogP contribution < -0.4 is 0 Å². The van der Waals surface area contributed by atoms with Gasteiger partial charge in [-0.25, -0.2) is 4.52 Å². The van der Waals surface area contributed by atoms with Crippen LogP contribution in [0.2, 0.25) is 0 Å². The van der Waals surface area contributed by atoms with E-state index in [4.69, 9.17) is 0 Å². The highest BCUT2D eigenvalue weighted by atomic mass is 15.2. The normalized spacial score (nSPS) is 16.4. The number of pyridine rings is 1. The van der Waals surface area contributed by atoms with Gasteiger partial charge in [0.15, 0.2) is 0 Å². The number of nitrogens with zero attached hydrogens (tertiary/aromatic N) is 3. The highest BCUT2D eigenvalue weighted by molar-refractivity contribution is 5.65. The summed E-state index contributed by atoms with van der Waals surface area (Å²) in [6.45, 7) is 6.09. The van der Waals surface area contributed by atoms with Gasteiger partial charge in [0, 0.05) is 6.20 Å². The molecule has 2 aromatic heterocycles. The first-order chi connectivity index (χ1) is 8.68. The van der Waals surface area contributed by atoms with Crippen LogP contribution in [0.15, 0.2) is 31.0 Å². The molecule has 0 atom stereocenters. The molecule has 3 rings (SSSR count). The van der Waals surface area contributed by atoms with Crippen LogP contribution in [-0.2, 0) is 5.41 Å². The molecule has 3 nitrogen and oxygen atoms in total. The van der Waals surface area contributed by atoms with E-state index in [1.807, 2.05) is 28.9 Å². The van der Waals surface area contributed by atoms with Crippen molar-refractivity contribution < 1.29 is 0 Å². The Labute approximate surface area is 106 Å². The topological polar surface area (TPSA) is 41.1 Å². The van der Waals surface area contributed by atoms with E-state index in [1.165, 1.54) is 0 Å². The SMILES string of the molecule is C=C(CC)c1cc2ccc(C3(C#N)CC3)cn2n1. The van der Waals surface area contributed by atoms with Crippen LogP contribution in [0.1, 0.15) is 37.4 Å². The minimum Gasteiger partial charge on any atom is -0.240 e. The molecular formula is C15H15N3. The molecule has 1 saturated carbocycles. The van der Waals surface area contributed by atoms with Gasteiger partial charge in [-0.3, -0.25) is 0 Å². The van der Waals surface area contributed by atoms with Crippen molar-refractivity contribution in [3.05, 3.63) is 42.2 Å². The molecule has 0 unspecified atom stereocenters. The fourth-order valence-corrected chi connectivity index (χ4v) is 2.21. The van der Waals surface area contributed by atoms with Crippen LogP contribution in [0, 0.1) is 11.3 Å². The highest BCUT2D eigenvalue weighted by Gasteiger charge is 2.45. The molecular weight excluding hydrogens is 222 g/mol. The molecule has 1 fully saturated rings. The molecule has 1 aliphatic carbocycles. The van der Waals surface area contributed by atoms with Crippen LogP contribution in [0.25, 0.3) is 11.1 Å². The van der Waals surface area contributed by atoms with E-state index < -0.39 is 0 Å². The Bertz CT molecular complexity index is 669. The van der Waals surface area contributed by atoms with Crippen molar-refractivity contribution in [1.82, 2.24) is 9.61 Å². The summed E-state index contributed by atoms with van der Waals surface area (Å²) in [6, 6.07) is 8.54. The van der Waals surface area contributed by atoms with Crippen molar-refractivity contribution in [3.8, 4) is 6.07 Å². The molecule has 0 saturated heterocycles. The van der Waals surface area contributed by atoms with Gasteiger partial charge < -0.3 is 0 Å². The Morgan fingerprint density at radius 1 is 1.56 bits per heavy atom. The number of aromatic nitrogens is 2. The quantitative estimate of drug-likeness (QED) is 0.821. The summed E-state index contributed by atoms with van der Waals surface area (Å²) in [5.41, 5.74) is 3.87. The fourth-order valence-electron chi connectivity index (χ4n) is 2.21. The summed E-state index contributed by atoms with van der Waals surface area (Å²) < 4.78 is 1.86. The predicted octanol–water partition coefficient (Wildman–Crippen LogP) is 3.31. The van der Waals surface area contributed by atoms with Crippen LogP contribution in [0.3, 0.4) is 0 Å². The fraction of sp³-hybridized carbons (Fsp3) is 0.333. The van der Waals surface area contributed by atoms with Crippen molar-refractivity contribution in [3.63, 3.8) is 0 Å². The molecule has 0 spiro atoms. The van der Waals surface area contributed by atoms with Crippen molar-refractivity contribution in [2.24, 2.45) is 0 Å².